The molecular formula is C14H11BrFN2S-. The smallest absolute Gasteiger partial charge is 0.166 e. The van der Waals surface area contributed by atoms with Crippen molar-refractivity contribution in [3.63, 3.8) is 0 Å². The molecule has 0 saturated carbocycles. The van der Waals surface area contributed by atoms with Crippen LogP contribution in [0.15, 0.2) is 53.7 Å². The number of imidazole rings is 1. The van der Waals surface area contributed by atoms with Gasteiger partial charge in [-0.25, -0.2) is 9.37 Å². The fourth-order valence-electron chi connectivity index (χ4n) is 1.73. The van der Waals surface area contributed by atoms with E-state index in [-0.39, 0.29) is 22.8 Å². The van der Waals surface area contributed by atoms with Crippen molar-refractivity contribution in [2.75, 3.05) is 0 Å². The minimum atomic E-state index is -0.201. The molecule has 3 aromatic rings. The second-order valence-electron chi connectivity index (χ2n) is 3.97. The van der Waals surface area contributed by atoms with Crippen molar-refractivity contribution in [1.82, 2.24) is 9.97 Å². The van der Waals surface area contributed by atoms with Crippen LogP contribution in [0.5, 0.6) is 0 Å². The zero-order valence-electron chi connectivity index (χ0n) is 9.94. The predicted octanol–water partition coefficient (Wildman–Crippen LogP) is 0.998. The first-order valence-electron chi connectivity index (χ1n) is 5.63. The van der Waals surface area contributed by atoms with E-state index in [9.17, 15) is 4.39 Å². The number of halogens is 2. The van der Waals surface area contributed by atoms with Gasteiger partial charge in [-0.3, -0.25) is 0 Å². The zero-order valence-corrected chi connectivity index (χ0v) is 12.3. The molecule has 0 fully saturated rings. The van der Waals surface area contributed by atoms with Crippen molar-refractivity contribution in [3.05, 3.63) is 59.9 Å². The van der Waals surface area contributed by atoms with Gasteiger partial charge in [0.1, 0.15) is 5.82 Å². The molecule has 0 amide bonds. The molecule has 1 N–H and O–H groups in total. The highest BCUT2D eigenvalue weighted by Crippen LogP contribution is 2.22. The molecule has 0 aliphatic carbocycles. The SMILES string of the molecule is Fc1ccc(CSc2nc3ccccc3[nH]2)cc1.[Br-]. The average Bonchev–Trinajstić information content (AvgIpc) is 2.81. The normalized spacial score (nSPS) is 10.4. The molecule has 3 rings (SSSR count). The molecule has 5 heteroatoms. The number of para-hydroxylation sites is 2. The fraction of sp³-hybridized carbons (Fsp3) is 0.0714. The molecule has 1 heterocycles. The lowest BCUT2D eigenvalue weighted by Crippen LogP contribution is -3.00. The quantitative estimate of drug-likeness (QED) is 0.722. The Balaban J connectivity index is 0.00000133. The van der Waals surface area contributed by atoms with Crippen LogP contribution in [0.1, 0.15) is 5.56 Å². The summed E-state index contributed by atoms with van der Waals surface area (Å²) in [7, 11) is 0. The summed E-state index contributed by atoms with van der Waals surface area (Å²) in [6.07, 6.45) is 0. The Morgan fingerprint density at radius 2 is 1.79 bits per heavy atom. The van der Waals surface area contributed by atoms with Gasteiger partial charge in [-0.2, -0.15) is 0 Å². The number of nitrogens with zero attached hydrogens (tertiary/aromatic N) is 1. The van der Waals surface area contributed by atoms with Gasteiger partial charge in [-0.05, 0) is 29.8 Å². The van der Waals surface area contributed by atoms with Crippen LogP contribution in [0.2, 0.25) is 0 Å². The maximum atomic E-state index is 12.8. The van der Waals surface area contributed by atoms with E-state index >= 15 is 0 Å². The van der Waals surface area contributed by atoms with E-state index in [0.717, 1.165) is 27.5 Å². The van der Waals surface area contributed by atoms with Crippen molar-refractivity contribution in [2.24, 2.45) is 0 Å². The van der Waals surface area contributed by atoms with E-state index in [1.807, 2.05) is 24.3 Å². The largest absolute Gasteiger partial charge is 1.00 e. The number of aromatic amines is 1. The Hall–Kier alpha value is -1.33. The minimum absolute atomic E-state index is 0. The third kappa shape index (κ3) is 3.36. The highest BCUT2D eigenvalue weighted by atomic mass is 79.9. The average molecular weight is 338 g/mol. The molecule has 0 radical (unpaired) electrons. The second kappa shape index (κ2) is 6.21. The summed E-state index contributed by atoms with van der Waals surface area (Å²) < 4.78 is 12.8. The molecule has 0 aliphatic rings. The van der Waals surface area contributed by atoms with Gasteiger partial charge in [-0.15, -0.1) is 0 Å². The van der Waals surface area contributed by atoms with Gasteiger partial charge in [0.15, 0.2) is 5.16 Å². The maximum Gasteiger partial charge on any atom is 0.166 e. The number of H-pyrrole nitrogens is 1. The zero-order chi connectivity index (χ0) is 12.4. The lowest BCUT2D eigenvalue weighted by atomic mass is 10.2. The summed E-state index contributed by atoms with van der Waals surface area (Å²) >= 11 is 1.62. The number of thioether (sulfide) groups is 1. The molecule has 19 heavy (non-hydrogen) atoms. The lowest BCUT2D eigenvalue weighted by Gasteiger charge is -1.98. The van der Waals surface area contributed by atoms with Gasteiger partial charge in [0.05, 0.1) is 11.0 Å². The first kappa shape index (κ1) is 14.1. The Kier molecular flexibility index (Phi) is 4.61. The van der Waals surface area contributed by atoms with Crippen molar-refractivity contribution in [2.45, 2.75) is 10.9 Å². The van der Waals surface area contributed by atoms with Gasteiger partial charge in [-0.1, -0.05) is 36.0 Å². The molecule has 0 spiro atoms. The molecule has 0 saturated heterocycles. The highest BCUT2D eigenvalue weighted by Gasteiger charge is 2.03. The summed E-state index contributed by atoms with van der Waals surface area (Å²) in [6.45, 7) is 0. The monoisotopic (exact) mass is 337 g/mol. The van der Waals surface area contributed by atoms with Crippen LogP contribution >= 0.6 is 11.8 Å². The van der Waals surface area contributed by atoms with Crippen LogP contribution in [-0.4, -0.2) is 9.97 Å². The molecule has 98 valence electrons. The first-order chi connectivity index (χ1) is 8.81. The van der Waals surface area contributed by atoms with Crippen LogP contribution in [0.4, 0.5) is 4.39 Å². The number of benzene rings is 2. The molecular weight excluding hydrogens is 327 g/mol. The third-order valence-corrected chi connectivity index (χ3v) is 3.60. The summed E-state index contributed by atoms with van der Waals surface area (Å²) in [5.41, 5.74) is 3.10. The molecule has 0 atom stereocenters. The number of hydrogen-bond acceptors (Lipinski definition) is 2. The Morgan fingerprint density at radius 1 is 1.05 bits per heavy atom. The van der Waals surface area contributed by atoms with E-state index in [2.05, 4.69) is 9.97 Å². The van der Waals surface area contributed by atoms with E-state index in [0.29, 0.717) is 0 Å². The molecule has 2 nitrogen and oxygen atoms in total. The predicted molar refractivity (Wildman–Crippen MR) is 72.1 cm³/mol. The molecule has 2 aromatic carbocycles. The van der Waals surface area contributed by atoms with Crippen molar-refractivity contribution in [3.8, 4) is 0 Å². The topological polar surface area (TPSA) is 28.7 Å². The molecule has 0 aliphatic heterocycles. The standard InChI is InChI=1S/C14H11FN2S.BrH/c15-11-7-5-10(6-8-11)9-18-14-16-12-3-1-2-4-13(12)17-14;/h1-8H,9H2,(H,16,17);1H/p-1. The van der Waals surface area contributed by atoms with E-state index in [4.69, 9.17) is 0 Å². The minimum Gasteiger partial charge on any atom is -1.00 e. The maximum absolute atomic E-state index is 12.8. The molecule has 1 aromatic heterocycles. The van der Waals surface area contributed by atoms with Crippen LogP contribution in [0.25, 0.3) is 11.0 Å². The van der Waals surface area contributed by atoms with Crippen molar-refractivity contribution >= 4 is 22.8 Å². The van der Waals surface area contributed by atoms with Gasteiger partial charge in [0, 0.05) is 5.75 Å². The molecule has 0 bridgehead atoms. The highest BCUT2D eigenvalue weighted by molar-refractivity contribution is 7.98. The fourth-order valence-corrected chi connectivity index (χ4v) is 2.57. The van der Waals surface area contributed by atoms with Gasteiger partial charge < -0.3 is 22.0 Å². The van der Waals surface area contributed by atoms with E-state index < -0.39 is 0 Å². The van der Waals surface area contributed by atoms with Crippen molar-refractivity contribution in [1.29, 1.82) is 0 Å². The van der Waals surface area contributed by atoms with E-state index in [1.165, 1.54) is 12.1 Å². The summed E-state index contributed by atoms with van der Waals surface area (Å²) in [5.74, 6) is 0.576. The van der Waals surface area contributed by atoms with Crippen LogP contribution in [0.3, 0.4) is 0 Å². The van der Waals surface area contributed by atoms with Crippen LogP contribution in [-0.2, 0) is 5.75 Å². The summed E-state index contributed by atoms with van der Waals surface area (Å²) in [4.78, 5) is 7.73. The Bertz CT molecular complexity index is 634. The van der Waals surface area contributed by atoms with Crippen molar-refractivity contribution < 1.29 is 21.4 Å². The van der Waals surface area contributed by atoms with E-state index in [1.54, 1.807) is 23.9 Å². The number of rotatable bonds is 3. The number of nitrogens with one attached hydrogen (secondary N) is 1. The molecule has 0 unspecified atom stereocenters. The Labute approximate surface area is 125 Å². The number of hydrogen-bond donors (Lipinski definition) is 1. The second-order valence-corrected chi connectivity index (χ2v) is 4.94. The van der Waals surface area contributed by atoms with Crippen LogP contribution < -0.4 is 17.0 Å². The summed E-state index contributed by atoms with van der Waals surface area (Å²) in [5, 5.41) is 0.889. The van der Waals surface area contributed by atoms with Gasteiger partial charge in [0.2, 0.25) is 0 Å². The Morgan fingerprint density at radius 3 is 2.53 bits per heavy atom. The third-order valence-electron chi connectivity index (χ3n) is 2.66. The number of fused-ring (bicyclic) bond motifs is 1. The lowest BCUT2D eigenvalue weighted by molar-refractivity contribution is -0.00000427. The first-order valence-corrected chi connectivity index (χ1v) is 6.62. The van der Waals surface area contributed by atoms with Crippen LogP contribution in [0, 0.1) is 5.82 Å². The van der Waals surface area contributed by atoms with Gasteiger partial charge >= 0.3 is 0 Å². The van der Waals surface area contributed by atoms with Gasteiger partial charge in [0.25, 0.3) is 0 Å². The number of aromatic nitrogens is 2. The summed E-state index contributed by atoms with van der Waals surface area (Å²) in [6, 6.07) is 14.5.